The third kappa shape index (κ3) is 3.50. The quantitative estimate of drug-likeness (QED) is 0.616. The number of allylic oxidation sites excluding steroid dienone is 1. The number of H-pyrrole nitrogens is 1. The maximum atomic E-state index is 13.1. The molecule has 7 nitrogen and oxygen atoms in total. The third-order valence-corrected chi connectivity index (χ3v) is 4.71. The van der Waals surface area contributed by atoms with E-state index in [1.807, 2.05) is 26.8 Å². The van der Waals surface area contributed by atoms with Crippen LogP contribution in [0.1, 0.15) is 57.1 Å². The first-order valence-electron chi connectivity index (χ1n) is 8.61. The molecule has 1 N–H and O–H groups in total. The molecule has 0 saturated heterocycles. The van der Waals surface area contributed by atoms with Gasteiger partial charge < -0.3 is 0 Å². The van der Waals surface area contributed by atoms with Crippen molar-refractivity contribution in [3.63, 3.8) is 0 Å². The van der Waals surface area contributed by atoms with E-state index < -0.39 is 16.7 Å². The van der Waals surface area contributed by atoms with E-state index in [2.05, 4.69) is 16.5 Å². The number of nitrogens with one attached hydrogen (secondary N) is 1. The van der Waals surface area contributed by atoms with Crippen LogP contribution < -0.4 is 11.2 Å². The highest BCUT2D eigenvalue weighted by atomic mass is 16.2. The zero-order valence-corrected chi connectivity index (χ0v) is 15.4. The smallest absolute Gasteiger partial charge is 0.279 e. The summed E-state index contributed by atoms with van der Waals surface area (Å²) in [5.74, 6) is 0.345. The van der Waals surface area contributed by atoms with Crippen LogP contribution in [0.2, 0.25) is 0 Å². The Morgan fingerprint density at radius 2 is 2.00 bits per heavy atom. The Morgan fingerprint density at radius 1 is 1.32 bits per heavy atom. The maximum Gasteiger partial charge on any atom is 0.329 e. The first-order valence-corrected chi connectivity index (χ1v) is 8.61. The van der Waals surface area contributed by atoms with Crippen molar-refractivity contribution < 1.29 is 4.79 Å². The van der Waals surface area contributed by atoms with E-state index in [-0.39, 0.29) is 17.1 Å². The van der Waals surface area contributed by atoms with E-state index in [0.717, 1.165) is 19.3 Å². The van der Waals surface area contributed by atoms with Gasteiger partial charge in [-0.1, -0.05) is 26.8 Å². The molecule has 0 aliphatic rings. The minimum Gasteiger partial charge on any atom is -0.279 e. The Morgan fingerprint density at radius 3 is 2.60 bits per heavy atom. The van der Waals surface area contributed by atoms with E-state index in [4.69, 9.17) is 0 Å². The molecule has 25 heavy (non-hydrogen) atoms. The Hall–Kier alpha value is -2.44. The van der Waals surface area contributed by atoms with Gasteiger partial charge in [0.1, 0.15) is 5.82 Å². The molecule has 0 saturated carbocycles. The molecule has 0 radical (unpaired) electrons. The lowest BCUT2D eigenvalue weighted by Crippen LogP contribution is -2.34. The highest BCUT2D eigenvalue weighted by Crippen LogP contribution is 2.25. The van der Waals surface area contributed by atoms with Gasteiger partial charge in [-0.05, 0) is 25.7 Å². The van der Waals surface area contributed by atoms with Gasteiger partial charge in [0.15, 0.2) is 11.2 Å². The van der Waals surface area contributed by atoms with Crippen LogP contribution in [0.25, 0.3) is 11.2 Å². The number of unbranched alkanes of at least 4 members (excludes halogenated alkanes) is 2. The Bertz CT molecular complexity index is 915. The number of aromatic amines is 1. The van der Waals surface area contributed by atoms with Crippen LogP contribution in [0.4, 0.5) is 0 Å². The van der Waals surface area contributed by atoms with Crippen LogP contribution in [0.5, 0.6) is 0 Å². The van der Waals surface area contributed by atoms with Crippen molar-refractivity contribution >= 4 is 17.1 Å². The number of imidazole rings is 1. The molecule has 0 spiro atoms. The SMILES string of the molecule is C=CCCCCc1nc2c(c(=O)[nH]c(=O)n2C)n1C(=O)C(C)(C)CC. The molecule has 2 aromatic heterocycles. The summed E-state index contributed by atoms with van der Waals surface area (Å²) in [6.45, 7) is 9.33. The lowest BCUT2D eigenvalue weighted by atomic mass is 9.89. The molecule has 2 aromatic rings. The van der Waals surface area contributed by atoms with E-state index in [1.54, 1.807) is 0 Å². The van der Waals surface area contributed by atoms with Crippen molar-refractivity contribution in [3.05, 3.63) is 39.3 Å². The minimum atomic E-state index is -0.634. The van der Waals surface area contributed by atoms with Crippen molar-refractivity contribution in [2.24, 2.45) is 12.5 Å². The summed E-state index contributed by atoms with van der Waals surface area (Å²) in [4.78, 5) is 44.1. The Labute approximate surface area is 146 Å². The van der Waals surface area contributed by atoms with Crippen molar-refractivity contribution in [2.75, 3.05) is 0 Å². The van der Waals surface area contributed by atoms with Gasteiger partial charge >= 0.3 is 5.69 Å². The highest BCUT2D eigenvalue weighted by molar-refractivity contribution is 5.92. The average Bonchev–Trinajstić information content (AvgIpc) is 2.96. The first kappa shape index (κ1) is 18.9. The third-order valence-electron chi connectivity index (χ3n) is 4.71. The largest absolute Gasteiger partial charge is 0.329 e. The normalized spacial score (nSPS) is 11.8. The van der Waals surface area contributed by atoms with Crippen molar-refractivity contribution in [1.29, 1.82) is 0 Å². The second kappa shape index (κ2) is 7.21. The van der Waals surface area contributed by atoms with Crippen LogP contribution in [0.3, 0.4) is 0 Å². The van der Waals surface area contributed by atoms with Gasteiger partial charge in [0.05, 0.1) is 0 Å². The van der Waals surface area contributed by atoms with Crippen molar-refractivity contribution in [2.45, 2.75) is 52.9 Å². The first-order chi connectivity index (χ1) is 11.7. The van der Waals surface area contributed by atoms with Crippen LogP contribution in [0, 0.1) is 5.41 Å². The Balaban J connectivity index is 2.67. The highest BCUT2D eigenvalue weighted by Gasteiger charge is 2.31. The van der Waals surface area contributed by atoms with Gasteiger partial charge in [-0.3, -0.25) is 23.7 Å². The van der Waals surface area contributed by atoms with Gasteiger partial charge in [0.2, 0.25) is 5.91 Å². The molecule has 0 aliphatic heterocycles. The van der Waals surface area contributed by atoms with E-state index in [0.29, 0.717) is 18.7 Å². The lowest BCUT2D eigenvalue weighted by molar-refractivity contribution is 0.0740. The van der Waals surface area contributed by atoms with Crippen LogP contribution in [-0.2, 0) is 13.5 Å². The second-order valence-corrected chi connectivity index (χ2v) is 6.93. The van der Waals surface area contributed by atoms with Gasteiger partial charge in [-0.2, -0.15) is 0 Å². The number of hydrogen-bond acceptors (Lipinski definition) is 4. The van der Waals surface area contributed by atoms with Crippen molar-refractivity contribution in [3.8, 4) is 0 Å². The lowest BCUT2D eigenvalue weighted by Gasteiger charge is -2.22. The zero-order chi connectivity index (χ0) is 18.8. The number of hydrogen-bond donors (Lipinski definition) is 1. The summed E-state index contributed by atoms with van der Waals surface area (Å²) in [5.41, 5.74) is -1.37. The summed E-state index contributed by atoms with van der Waals surface area (Å²) in [6.07, 6.45) is 5.66. The number of aryl methyl sites for hydroxylation is 2. The molecular weight excluding hydrogens is 320 g/mol. The summed E-state index contributed by atoms with van der Waals surface area (Å²) in [5, 5.41) is 0. The molecule has 0 fully saturated rings. The molecule has 0 bridgehead atoms. The molecule has 2 rings (SSSR count). The zero-order valence-electron chi connectivity index (χ0n) is 15.4. The van der Waals surface area contributed by atoms with Crippen molar-refractivity contribution in [1.82, 2.24) is 19.1 Å². The fourth-order valence-corrected chi connectivity index (χ4v) is 2.64. The predicted molar refractivity (Wildman–Crippen MR) is 98.0 cm³/mol. The van der Waals surface area contributed by atoms with Crippen LogP contribution in [-0.4, -0.2) is 25.0 Å². The number of carbonyl (C=O) groups excluding carboxylic acids is 1. The topological polar surface area (TPSA) is 89.8 Å². The van der Waals surface area contributed by atoms with E-state index >= 15 is 0 Å². The number of carbonyl (C=O) groups is 1. The molecule has 2 heterocycles. The van der Waals surface area contributed by atoms with E-state index in [9.17, 15) is 14.4 Å². The summed E-state index contributed by atoms with van der Waals surface area (Å²) >= 11 is 0. The fourth-order valence-electron chi connectivity index (χ4n) is 2.64. The molecular formula is C18H26N4O3. The summed E-state index contributed by atoms with van der Waals surface area (Å²) in [6, 6.07) is 0. The number of nitrogens with zero attached hydrogens (tertiary/aromatic N) is 3. The van der Waals surface area contributed by atoms with Crippen LogP contribution in [0.15, 0.2) is 22.2 Å². The molecule has 7 heteroatoms. The number of aromatic nitrogens is 4. The predicted octanol–water partition coefficient (Wildman–Crippen LogP) is 2.40. The number of rotatable bonds is 7. The minimum absolute atomic E-state index is 0.146. The standard InChI is InChI=1S/C18H26N4O3/c1-6-8-9-10-11-12-19-14-13(15(23)20-17(25)21(14)5)22(12)16(24)18(3,4)7-2/h6H,1,7-11H2,2-5H3,(H,20,23,25). The summed E-state index contributed by atoms with van der Waals surface area (Å²) < 4.78 is 2.68. The summed E-state index contributed by atoms with van der Waals surface area (Å²) in [7, 11) is 1.54. The van der Waals surface area contributed by atoms with Gasteiger partial charge in [-0.15, -0.1) is 6.58 Å². The molecule has 0 amide bonds. The average molecular weight is 346 g/mol. The molecule has 0 aliphatic carbocycles. The monoisotopic (exact) mass is 346 g/mol. The van der Waals surface area contributed by atoms with E-state index in [1.165, 1.54) is 16.2 Å². The number of fused-ring (bicyclic) bond motifs is 1. The van der Waals surface area contributed by atoms with Crippen LogP contribution >= 0.6 is 0 Å². The molecule has 0 unspecified atom stereocenters. The molecule has 136 valence electrons. The molecule has 0 aromatic carbocycles. The second-order valence-electron chi connectivity index (χ2n) is 6.93. The maximum absolute atomic E-state index is 13.1. The fraction of sp³-hybridized carbons (Fsp3) is 0.556. The van der Waals surface area contributed by atoms with Gasteiger partial charge in [0.25, 0.3) is 5.56 Å². The Kier molecular flexibility index (Phi) is 5.45. The van der Waals surface area contributed by atoms with Gasteiger partial charge in [-0.25, -0.2) is 9.78 Å². The van der Waals surface area contributed by atoms with Gasteiger partial charge in [0, 0.05) is 18.9 Å². The molecule has 0 atom stereocenters.